The minimum atomic E-state index is -0.355. The summed E-state index contributed by atoms with van der Waals surface area (Å²) < 4.78 is 0. The van der Waals surface area contributed by atoms with E-state index in [1.807, 2.05) is 11.8 Å². The average Bonchev–Trinajstić information content (AvgIpc) is 2.94. The second-order valence-corrected chi connectivity index (χ2v) is 14.1. The Hall–Kier alpha value is -1.95. The Kier molecular flexibility index (Phi) is 10.9. The summed E-state index contributed by atoms with van der Waals surface area (Å²) in [6.07, 6.45) is 4.62. The summed E-state index contributed by atoms with van der Waals surface area (Å²) in [5, 5.41) is 5.92. The van der Waals surface area contributed by atoms with E-state index in [0.717, 1.165) is 19.6 Å². The number of hydrogen-bond acceptors (Lipinski definition) is 2. The predicted octanol–water partition coefficient (Wildman–Crippen LogP) is 5.92. The van der Waals surface area contributed by atoms with Gasteiger partial charge < -0.3 is 4.90 Å². The van der Waals surface area contributed by atoms with E-state index >= 15 is 0 Å². The molecule has 180 valence electrons. The molecule has 0 saturated carbocycles. The van der Waals surface area contributed by atoms with Crippen molar-refractivity contribution < 1.29 is 0 Å². The Morgan fingerprint density at radius 3 is 1.09 bits per heavy atom. The van der Waals surface area contributed by atoms with Gasteiger partial charge in [0.2, 0.25) is 0 Å². The van der Waals surface area contributed by atoms with Crippen molar-refractivity contribution in [1.82, 2.24) is 4.90 Å². The molecule has 0 unspecified atom stereocenters. The van der Waals surface area contributed by atoms with Gasteiger partial charge in [0.1, 0.15) is 0 Å². The van der Waals surface area contributed by atoms with Gasteiger partial charge in [-0.25, -0.2) is 0 Å². The van der Waals surface area contributed by atoms with Gasteiger partial charge in [-0.1, -0.05) is 121 Å². The molecular weight excluding hydrogens is 480 g/mol. The van der Waals surface area contributed by atoms with Gasteiger partial charge >= 0.3 is 0 Å². The fraction of sp³-hybridized carbons (Fsp3) is 0.226. The van der Waals surface area contributed by atoms with Crippen LogP contribution in [0.4, 0.5) is 0 Å². The highest BCUT2D eigenvalue weighted by Crippen LogP contribution is 2.35. The van der Waals surface area contributed by atoms with Crippen LogP contribution >= 0.6 is 27.6 Å². The average molecular weight is 516 g/mol. The van der Waals surface area contributed by atoms with Crippen molar-refractivity contribution in [3.63, 3.8) is 0 Å². The van der Waals surface area contributed by atoms with Gasteiger partial charge in [0.25, 0.3) is 0 Å². The van der Waals surface area contributed by atoms with Gasteiger partial charge in [0.15, 0.2) is 0 Å². The maximum absolute atomic E-state index is 2.72. The van der Waals surface area contributed by atoms with E-state index in [-0.39, 0.29) is 15.8 Å². The first-order valence-electron chi connectivity index (χ1n) is 12.3. The first kappa shape index (κ1) is 26.1. The molecule has 1 nitrogen and oxygen atoms in total. The van der Waals surface area contributed by atoms with Crippen LogP contribution in [0.15, 0.2) is 121 Å². The molecule has 4 aromatic rings. The summed E-state index contributed by atoms with van der Waals surface area (Å²) in [6.45, 7) is 3.44. The van der Waals surface area contributed by atoms with Crippen molar-refractivity contribution in [1.29, 1.82) is 0 Å². The van der Waals surface area contributed by atoms with Gasteiger partial charge in [0, 0.05) is 25.4 Å². The molecule has 0 amide bonds. The second kappa shape index (κ2) is 14.6. The lowest BCUT2D eigenvalue weighted by atomic mass is 10.4. The van der Waals surface area contributed by atoms with Crippen molar-refractivity contribution in [2.75, 3.05) is 44.0 Å². The van der Waals surface area contributed by atoms with Crippen molar-refractivity contribution >= 4 is 48.8 Å². The third-order valence-corrected chi connectivity index (χ3v) is 11.7. The highest BCUT2D eigenvalue weighted by molar-refractivity contribution is 7.98. The van der Waals surface area contributed by atoms with Crippen LogP contribution in [-0.2, 0) is 0 Å². The SMILES string of the molecule is CSCCN(CCP(c1ccccc1)c1ccccc1)CCP(c1ccccc1)c1ccccc1. The fourth-order valence-electron chi connectivity index (χ4n) is 4.28. The predicted molar refractivity (Wildman–Crippen MR) is 163 cm³/mol. The Labute approximate surface area is 218 Å². The van der Waals surface area contributed by atoms with Gasteiger partial charge in [-0.05, 0) is 55.6 Å². The molecule has 0 aliphatic carbocycles. The lowest BCUT2D eigenvalue weighted by Crippen LogP contribution is -2.34. The summed E-state index contributed by atoms with van der Waals surface area (Å²) in [6, 6.07) is 44.5. The van der Waals surface area contributed by atoms with Crippen molar-refractivity contribution in [2.24, 2.45) is 0 Å². The number of rotatable bonds is 13. The van der Waals surface area contributed by atoms with E-state index < -0.39 is 0 Å². The summed E-state index contributed by atoms with van der Waals surface area (Å²) >= 11 is 1.95. The third-order valence-electron chi connectivity index (χ3n) is 6.16. The molecule has 4 heteroatoms. The third kappa shape index (κ3) is 8.03. The van der Waals surface area contributed by atoms with Crippen LogP contribution < -0.4 is 21.2 Å². The molecule has 4 aromatic carbocycles. The molecule has 0 heterocycles. The Morgan fingerprint density at radius 2 is 0.800 bits per heavy atom. The molecule has 35 heavy (non-hydrogen) atoms. The zero-order valence-corrected chi connectivity index (χ0v) is 23.1. The van der Waals surface area contributed by atoms with E-state index in [1.165, 1.54) is 39.3 Å². The van der Waals surface area contributed by atoms with Crippen molar-refractivity contribution in [3.8, 4) is 0 Å². The minimum absolute atomic E-state index is 0.355. The van der Waals surface area contributed by atoms with Crippen LogP contribution in [0, 0.1) is 0 Å². The molecule has 0 aromatic heterocycles. The van der Waals surface area contributed by atoms with E-state index in [2.05, 4.69) is 132 Å². The number of benzene rings is 4. The van der Waals surface area contributed by atoms with Crippen LogP contribution in [0.25, 0.3) is 0 Å². The lowest BCUT2D eigenvalue weighted by molar-refractivity contribution is 0.328. The van der Waals surface area contributed by atoms with Gasteiger partial charge in [-0.3, -0.25) is 0 Å². The molecule has 0 saturated heterocycles. The standard InChI is InChI=1S/C31H35NP2S/c1-35-27-24-32(22-25-33(28-14-6-2-7-15-28)29-16-8-3-9-17-29)23-26-34(30-18-10-4-11-19-30)31-20-12-5-13-21-31/h2-21H,22-27H2,1H3. The Morgan fingerprint density at radius 1 is 0.486 bits per heavy atom. The topological polar surface area (TPSA) is 3.24 Å². The number of hydrogen-bond donors (Lipinski definition) is 0. The molecule has 0 bridgehead atoms. The van der Waals surface area contributed by atoms with Gasteiger partial charge in [-0.2, -0.15) is 11.8 Å². The van der Waals surface area contributed by atoms with Crippen LogP contribution in [0.2, 0.25) is 0 Å². The number of nitrogens with zero attached hydrogens (tertiary/aromatic N) is 1. The van der Waals surface area contributed by atoms with E-state index in [4.69, 9.17) is 0 Å². The van der Waals surface area contributed by atoms with Crippen LogP contribution in [0.1, 0.15) is 0 Å². The number of thioether (sulfide) groups is 1. The zero-order chi connectivity index (χ0) is 24.1. The molecule has 0 aliphatic rings. The van der Waals surface area contributed by atoms with E-state index in [1.54, 1.807) is 0 Å². The Bertz CT molecular complexity index is 928. The highest BCUT2D eigenvalue weighted by Gasteiger charge is 2.18. The highest BCUT2D eigenvalue weighted by atomic mass is 32.2. The smallest absolute Gasteiger partial charge is 0.00725 e. The second-order valence-electron chi connectivity index (χ2n) is 8.48. The molecule has 0 aliphatic heterocycles. The monoisotopic (exact) mass is 515 g/mol. The fourth-order valence-corrected chi connectivity index (χ4v) is 9.45. The molecular formula is C31H35NP2S. The molecule has 0 fully saturated rings. The minimum Gasteiger partial charge on any atom is -0.302 e. The molecule has 4 rings (SSSR count). The maximum Gasteiger partial charge on any atom is 0.00725 e. The summed E-state index contributed by atoms with van der Waals surface area (Å²) in [4.78, 5) is 2.72. The first-order chi connectivity index (χ1) is 17.3. The molecule has 0 atom stereocenters. The maximum atomic E-state index is 2.72. The van der Waals surface area contributed by atoms with Crippen LogP contribution in [0.3, 0.4) is 0 Å². The van der Waals surface area contributed by atoms with Crippen LogP contribution in [-0.4, -0.2) is 48.9 Å². The molecule has 0 radical (unpaired) electrons. The van der Waals surface area contributed by atoms with E-state index in [9.17, 15) is 0 Å². The summed E-state index contributed by atoms with van der Waals surface area (Å²) in [5.41, 5.74) is 0. The van der Waals surface area contributed by atoms with Crippen molar-refractivity contribution in [3.05, 3.63) is 121 Å². The normalized spacial score (nSPS) is 11.4. The van der Waals surface area contributed by atoms with Gasteiger partial charge in [0.05, 0.1) is 0 Å². The van der Waals surface area contributed by atoms with Gasteiger partial charge in [-0.15, -0.1) is 0 Å². The first-order valence-corrected chi connectivity index (χ1v) is 16.8. The summed E-state index contributed by atoms with van der Waals surface area (Å²) in [5.74, 6) is 1.18. The quantitative estimate of drug-likeness (QED) is 0.204. The lowest BCUT2D eigenvalue weighted by Gasteiger charge is -2.28. The Balaban J connectivity index is 1.49. The van der Waals surface area contributed by atoms with Crippen molar-refractivity contribution in [2.45, 2.75) is 0 Å². The molecule has 0 spiro atoms. The summed E-state index contributed by atoms with van der Waals surface area (Å²) in [7, 11) is -0.711. The zero-order valence-electron chi connectivity index (χ0n) is 20.5. The van der Waals surface area contributed by atoms with Crippen LogP contribution in [0.5, 0.6) is 0 Å². The van der Waals surface area contributed by atoms with E-state index in [0.29, 0.717) is 0 Å². The largest absolute Gasteiger partial charge is 0.302 e. The molecule has 0 N–H and O–H groups in total.